The lowest BCUT2D eigenvalue weighted by atomic mass is 10.0. The molecule has 0 aromatic carbocycles. The lowest BCUT2D eigenvalue weighted by molar-refractivity contribution is -0.161. The Bertz CT molecular complexity index is 1910. The first-order valence-corrected chi connectivity index (χ1v) is 40.7. The van der Waals surface area contributed by atoms with Gasteiger partial charge in [-0.05, 0) is 69.1 Å². The molecule has 3 N–H and O–H groups in total. The van der Waals surface area contributed by atoms with Gasteiger partial charge in [0.1, 0.15) is 19.3 Å². The summed E-state index contributed by atoms with van der Waals surface area (Å²) in [6.07, 6.45) is 52.1. The van der Waals surface area contributed by atoms with Crippen LogP contribution in [0.5, 0.6) is 0 Å². The van der Waals surface area contributed by atoms with Gasteiger partial charge in [-0.1, -0.05) is 297 Å². The zero-order chi connectivity index (χ0) is 68.7. The number of unbranched alkanes of at least 4 members (excludes halogenated alkanes) is 35. The van der Waals surface area contributed by atoms with E-state index in [0.29, 0.717) is 25.7 Å². The number of aliphatic hydroxyl groups is 1. The molecule has 17 nitrogen and oxygen atoms in total. The number of esters is 4. The van der Waals surface area contributed by atoms with Gasteiger partial charge in [-0.25, -0.2) is 9.13 Å². The SMILES string of the molecule is CCCCCC/C=C\C=C/CCCCCCCC(=O)O[C@H](COC(=O)CCCCCCCCCCCCCC(C)C)COP(=O)(O)OCC(O)COP(=O)(O)OC[C@@H](COC(=O)CCCCCCCCCCC(C)C)OC(=O)CCCCCCCCCCCCC(C)C. The van der Waals surface area contributed by atoms with Crippen molar-refractivity contribution in [1.82, 2.24) is 0 Å². The molecule has 0 aromatic rings. The van der Waals surface area contributed by atoms with Crippen LogP contribution >= 0.6 is 15.6 Å². The van der Waals surface area contributed by atoms with E-state index in [2.05, 4.69) is 72.8 Å². The molecule has 0 aliphatic carbocycles. The lowest BCUT2D eigenvalue weighted by Crippen LogP contribution is -2.30. The highest BCUT2D eigenvalue weighted by atomic mass is 31.2. The van der Waals surface area contributed by atoms with E-state index in [9.17, 15) is 43.2 Å². The number of rotatable bonds is 70. The van der Waals surface area contributed by atoms with Crippen LogP contribution in [-0.4, -0.2) is 96.7 Å². The molecule has 93 heavy (non-hydrogen) atoms. The summed E-state index contributed by atoms with van der Waals surface area (Å²) in [5.74, 6) is 0.0921. The highest BCUT2D eigenvalue weighted by molar-refractivity contribution is 7.47. The van der Waals surface area contributed by atoms with E-state index in [-0.39, 0.29) is 25.7 Å². The number of carbonyl (C=O) groups excluding carboxylic acids is 4. The Hall–Kier alpha value is -2.46. The average molecular weight is 1360 g/mol. The van der Waals surface area contributed by atoms with Crippen molar-refractivity contribution in [3.05, 3.63) is 24.3 Å². The number of aliphatic hydroxyl groups excluding tert-OH is 1. The number of hydrogen-bond acceptors (Lipinski definition) is 15. The molecule has 3 unspecified atom stereocenters. The molecule has 0 aliphatic rings. The van der Waals surface area contributed by atoms with Crippen molar-refractivity contribution >= 4 is 39.5 Å². The molecule has 0 spiro atoms. The third-order valence-electron chi connectivity index (χ3n) is 16.5. The smallest absolute Gasteiger partial charge is 0.462 e. The number of phosphoric ester groups is 2. The summed E-state index contributed by atoms with van der Waals surface area (Å²) in [5.41, 5.74) is 0. The fourth-order valence-corrected chi connectivity index (χ4v) is 12.3. The Labute approximate surface area is 567 Å². The van der Waals surface area contributed by atoms with Gasteiger partial charge in [-0.15, -0.1) is 0 Å². The van der Waals surface area contributed by atoms with Gasteiger partial charge < -0.3 is 33.8 Å². The van der Waals surface area contributed by atoms with Crippen molar-refractivity contribution < 1.29 is 80.2 Å². The van der Waals surface area contributed by atoms with Gasteiger partial charge in [0, 0.05) is 25.7 Å². The van der Waals surface area contributed by atoms with Crippen LogP contribution in [0.1, 0.15) is 350 Å². The van der Waals surface area contributed by atoms with Crippen LogP contribution in [0, 0.1) is 17.8 Å². The molecular formula is C74H140O17P2. The first kappa shape index (κ1) is 90.5. The van der Waals surface area contributed by atoms with Crippen LogP contribution in [-0.2, 0) is 65.4 Å². The van der Waals surface area contributed by atoms with Crippen molar-refractivity contribution in [2.45, 2.75) is 369 Å². The molecule has 0 saturated carbocycles. The van der Waals surface area contributed by atoms with Crippen molar-refractivity contribution in [3.8, 4) is 0 Å². The summed E-state index contributed by atoms with van der Waals surface area (Å²) in [4.78, 5) is 72.7. The van der Waals surface area contributed by atoms with Gasteiger partial charge in [0.2, 0.25) is 0 Å². The maximum Gasteiger partial charge on any atom is 0.472 e. The molecule has 0 saturated heterocycles. The number of hydrogen-bond donors (Lipinski definition) is 3. The van der Waals surface area contributed by atoms with E-state index >= 15 is 0 Å². The topological polar surface area (TPSA) is 237 Å². The summed E-state index contributed by atoms with van der Waals surface area (Å²) in [7, 11) is -9.92. The molecule has 0 bridgehead atoms. The minimum atomic E-state index is -4.96. The zero-order valence-electron chi connectivity index (χ0n) is 60.2. The van der Waals surface area contributed by atoms with Crippen molar-refractivity contribution in [3.63, 3.8) is 0 Å². The third-order valence-corrected chi connectivity index (χ3v) is 18.4. The van der Waals surface area contributed by atoms with Crippen LogP contribution in [0.15, 0.2) is 24.3 Å². The van der Waals surface area contributed by atoms with Crippen LogP contribution in [0.25, 0.3) is 0 Å². The van der Waals surface area contributed by atoms with E-state index in [1.165, 1.54) is 148 Å². The molecule has 0 heterocycles. The molecule has 0 aliphatic heterocycles. The molecule has 5 atom stereocenters. The highest BCUT2D eigenvalue weighted by Crippen LogP contribution is 2.45. The Kier molecular flexibility index (Phi) is 62.5. The quantitative estimate of drug-likeness (QED) is 0.0169. The molecule has 0 rings (SSSR count). The summed E-state index contributed by atoms with van der Waals surface area (Å²) < 4.78 is 68.4. The molecule has 0 amide bonds. The normalized spacial score (nSPS) is 14.3. The summed E-state index contributed by atoms with van der Waals surface area (Å²) in [6.45, 7) is 11.8. The van der Waals surface area contributed by atoms with Crippen molar-refractivity contribution in [2.75, 3.05) is 39.6 Å². The van der Waals surface area contributed by atoms with E-state index in [1.807, 2.05) is 0 Å². The Balaban J connectivity index is 5.30. The molecule has 548 valence electrons. The number of carbonyl (C=O) groups is 4. The maximum atomic E-state index is 13.1. The molecular weight excluding hydrogens is 1220 g/mol. The Morgan fingerprint density at radius 1 is 0.333 bits per heavy atom. The summed E-state index contributed by atoms with van der Waals surface area (Å²) in [6, 6.07) is 0. The zero-order valence-corrected chi connectivity index (χ0v) is 62.0. The first-order chi connectivity index (χ1) is 44.7. The van der Waals surface area contributed by atoms with Crippen LogP contribution in [0.3, 0.4) is 0 Å². The second-order valence-corrected chi connectivity index (χ2v) is 30.3. The summed E-state index contributed by atoms with van der Waals surface area (Å²) >= 11 is 0. The molecule has 0 radical (unpaired) electrons. The largest absolute Gasteiger partial charge is 0.472 e. The third kappa shape index (κ3) is 67.9. The van der Waals surface area contributed by atoms with E-state index in [1.54, 1.807) is 0 Å². The monoisotopic (exact) mass is 1360 g/mol. The minimum Gasteiger partial charge on any atom is -0.462 e. The van der Waals surface area contributed by atoms with E-state index in [0.717, 1.165) is 120 Å². The second kappa shape index (κ2) is 64.2. The predicted octanol–water partition coefficient (Wildman–Crippen LogP) is 21.0. The molecule has 0 aromatic heterocycles. The first-order valence-electron chi connectivity index (χ1n) is 37.7. The highest BCUT2D eigenvalue weighted by Gasteiger charge is 2.30. The molecule has 19 heteroatoms. The van der Waals surface area contributed by atoms with E-state index in [4.69, 9.17) is 37.0 Å². The lowest BCUT2D eigenvalue weighted by Gasteiger charge is -2.21. The summed E-state index contributed by atoms with van der Waals surface area (Å²) in [5, 5.41) is 10.6. The van der Waals surface area contributed by atoms with Gasteiger partial charge in [-0.3, -0.25) is 37.3 Å². The number of ether oxygens (including phenoxy) is 4. The fraction of sp³-hybridized carbons (Fsp3) is 0.892. The standard InChI is InChI=1S/C74H140O17P2/c1-8-9-10-11-12-13-14-15-16-17-20-27-36-43-50-57-73(78)90-69(61-84-71(76)55-48-41-34-26-21-18-19-24-31-38-45-52-65(2)3)63-88-92(80,81)86-59-68(75)60-87-93(82,83)89-64-70(62-85-72(77)56-49-42-35-30-29-33-40-47-54-67(6)7)91-74(79)58-51-44-37-28-23-22-25-32-39-46-53-66(4)5/h13-16,65-70,75H,8-12,17-64H2,1-7H3,(H,80,81)(H,82,83)/b14-13-,16-15-/t68?,69-,70-/m1/s1. The number of allylic oxidation sites excluding steroid dienone is 4. The van der Waals surface area contributed by atoms with Gasteiger partial charge in [-0.2, -0.15) is 0 Å². The fourth-order valence-electron chi connectivity index (χ4n) is 10.7. The molecule has 0 fully saturated rings. The number of phosphoric acid groups is 2. The van der Waals surface area contributed by atoms with Crippen molar-refractivity contribution in [1.29, 1.82) is 0 Å². The van der Waals surface area contributed by atoms with Crippen LogP contribution < -0.4 is 0 Å². The van der Waals surface area contributed by atoms with Crippen LogP contribution in [0.2, 0.25) is 0 Å². The van der Waals surface area contributed by atoms with Gasteiger partial charge >= 0.3 is 39.5 Å². The van der Waals surface area contributed by atoms with Gasteiger partial charge in [0.05, 0.1) is 26.4 Å². The van der Waals surface area contributed by atoms with Crippen LogP contribution in [0.4, 0.5) is 0 Å². The average Bonchev–Trinajstić information content (AvgIpc) is 2.44. The van der Waals surface area contributed by atoms with Gasteiger partial charge in [0.25, 0.3) is 0 Å². The Morgan fingerprint density at radius 3 is 0.871 bits per heavy atom. The minimum absolute atomic E-state index is 0.0845. The maximum absolute atomic E-state index is 13.1. The predicted molar refractivity (Wildman–Crippen MR) is 377 cm³/mol. The second-order valence-electron chi connectivity index (χ2n) is 27.4. The Morgan fingerprint density at radius 2 is 0.581 bits per heavy atom. The van der Waals surface area contributed by atoms with Crippen molar-refractivity contribution in [2.24, 2.45) is 17.8 Å². The van der Waals surface area contributed by atoms with E-state index < -0.39 is 97.5 Å². The van der Waals surface area contributed by atoms with Gasteiger partial charge in [0.15, 0.2) is 12.2 Å².